The number of allylic oxidation sites excluding steroid dienone is 1. The van der Waals surface area contributed by atoms with Crippen molar-refractivity contribution in [2.75, 3.05) is 6.16 Å². The highest BCUT2D eigenvalue weighted by Crippen LogP contribution is 2.77. The van der Waals surface area contributed by atoms with Gasteiger partial charge in [0.1, 0.15) is 6.10 Å². The van der Waals surface area contributed by atoms with E-state index in [1.165, 1.54) is 153 Å². The lowest BCUT2D eigenvalue weighted by molar-refractivity contribution is 0.0211. The van der Waals surface area contributed by atoms with E-state index in [0.29, 0.717) is 5.92 Å². The second-order valence-electron chi connectivity index (χ2n) is 14.1. The van der Waals surface area contributed by atoms with E-state index < -0.39 is 15.6 Å². The van der Waals surface area contributed by atoms with Crippen molar-refractivity contribution in [1.82, 2.24) is 0 Å². The van der Waals surface area contributed by atoms with Crippen molar-refractivity contribution in [3.05, 3.63) is 24.7 Å². The standard InChI is InChI=1S/C36H66O2PSi/c1-5-35(31-21-13-9-14-22-31)37-36(38-40(6-2,7-3)8-4)29-30-39(32-23-15-10-16-24-32,33-25-17-11-18-26-33)34-27-19-12-20-28-34/h5,29,31-35H,1,6-28,30H2,2-4H3/q+1/b36-29-. The van der Waals surface area contributed by atoms with E-state index in [-0.39, 0.29) is 6.10 Å². The van der Waals surface area contributed by atoms with Gasteiger partial charge in [-0.25, -0.2) is 0 Å². The molecule has 0 aromatic heterocycles. The van der Waals surface area contributed by atoms with Crippen LogP contribution in [0.4, 0.5) is 0 Å². The Hall–Kier alpha value is -0.273. The van der Waals surface area contributed by atoms with Crippen LogP contribution in [0.2, 0.25) is 18.1 Å². The summed E-state index contributed by atoms with van der Waals surface area (Å²) in [5.74, 6) is 1.55. The quantitative estimate of drug-likeness (QED) is 0.0868. The topological polar surface area (TPSA) is 18.5 Å². The van der Waals surface area contributed by atoms with Gasteiger partial charge in [0, 0.05) is 13.3 Å². The SMILES string of the molecule is C=CC(O/C(=C/C[P+](C1CCCCC1)(C1CCCCC1)C1CCCCC1)O[Si](CC)(CC)CC)C1CCCCC1. The highest BCUT2D eigenvalue weighted by Gasteiger charge is 2.56. The van der Waals surface area contributed by atoms with Crippen LogP contribution in [0.3, 0.4) is 0 Å². The summed E-state index contributed by atoms with van der Waals surface area (Å²) in [6, 6.07) is 3.53. The summed E-state index contributed by atoms with van der Waals surface area (Å²) in [7, 11) is -3.04. The fraction of sp³-hybridized carbons (Fsp3) is 0.889. The van der Waals surface area contributed by atoms with E-state index in [4.69, 9.17) is 9.16 Å². The Balaban J connectivity index is 1.71. The fourth-order valence-electron chi connectivity index (χ4n) is 9.49. The summed E-state index contributed by atoms with van der Waals surface area (Å²) in [4.78, 5) is 0. The van der Waals surface area contributed by atoms with Crippen molar-refractivity contribution in [1.29, 1.82) is 0 Å². The Labute approximate surface area is 251 Å². The average Bonchev–Trinajstić information content (AvgIpc) is 3.04. The summed E-state index contributed by atoms with van der Waals surface area (Å²) in [5, 5.41) is 0. The number of rotatable bonds is 14. The van der Waals surface area contributed by atoms with E-state index in [1.807, 2.05) is 0 Å². The molecule has 230 valence electrons. The molecule has 0 aromatic carbocycles. The predicted molar refractivity (Wildman–Crippen MR) is 180 cm³/mol. The van der Waals surface area contributed by atoms with Crippen LogP contribution in [0.25, 0.3) is 0 Å². The molecule has 1 unspecified atom stereocenters. The molecule has 0 radical (unpaired) electrons. The molecule has 0 spiro atoms. The van der Waals surface area contributed by atoms with E-state index in [2.05, 4.69) is 39.5 Å². The molecule has 4 heteroatoms. The van der Waals surface area contributed by atoms with E-state index >= 15 is 0 Å². The number of ether oxygens (including phenoxy) is 1. The van der Waals surface area contributed by atoms with E-state index in [9.17, 15) is 0 Å². The van der Waals surface area contributed by atoms with Crippen molar-refractivity contribution in [2.45, 2.75) is 190 Å². The summed E-state index contributed by atoms with van der Waals surface area (Å²) < 4.78 is 14.2. The second kappa shape index (κ2) is 16.5. The van der Waals surface area contributed by atoms with Gasteiger partial charge in [-0.15, -0.1) is 0 Å². The molecular weight excluding hydrogens is 523 g/mol. The molecule has 4 saturated carbocycles. The second-order valence-corrected chi connectivity index (χ2v) is 23.4. The molecule has 40 heavy (non-hydrogen) atoms. The maximum Gasteiger partial charge on any atom is 0.265 e. The largest absolute Gasteiger partial charge is 0.519 e. The zero-order valence-electron chi connectivity index (χ0n) is 27.0. The molecule has 0 aliphatic heterocycles. The zero-order chi connectivity index (χ0) is 28.3. The molecule has 1 atom stereocenters. The molecule has 4 aliphatic carbocycles. The Morgan fingerprint density at radius 1 is 0.675 bits per heavy atom. The van der Waals surface area contributed by atoms with Crippen LogP contribution < -0.4 is 0 Å². The molecular formula is C36H66O2PSi+. The van der Waals surface area contributed by atoms with Crippen molar-refractivity contribution in [2.24, 2.45) is 5.92 Å². The lowest BCUT2D eigenvalue weighted by atomic mass is 9.85. The molecule has 0 saturated heterocycles. The molecule has 2 nitrogen and oxygen atoms in total. The van der Waals surface area contributed by atoms with Gasteiger partial charge < -0.3 is 9.16 Å². The van der Waals surface area contributed by atoms with Gasteiger partial charge in [0.15, 0.2) is 0 Å². The molecule has 4 aliphatic rings. The van der Waals surface area contributed by atoms with Crippen LogP contribution in [0, 0.1) is 5.92 Å². The first-order valence-electron chi connectivity index (χ1n) is 18.2. The van der Waals surface area contributed by atoms with Gasteiger partial charge >= 0.3 is 0 Å². The molecule has 0 bridgehead atoms. The van der Waals surface area contributed by atoms with Crippen molar-refractivity contribution in [3.8, 4) is 0 Å². The van der Waals surface area contributed by atoms with Crippen LogP contribution in [-0.2, 0) is 9.16 Å². The third kappa shape index (κ3) is 8.01. The smallest absolute Gasteiger partial charge is 0.265 e. The van der Waals surface area contributed by atoms with Gasteiger partial charge in [0.25, 0.3) is 14.3 Å². The lowest BCUT2D eigenvalue weighted by Gasteiger charge is -2.48. The minimum Gasteiger partial charge on any atom is -0.519 e. The summed E-state index contributed by atoms with van der Waals surface area (Å²) in [5.41, 5.74) is 3.01. The maximum absolute atomic E-state index is 7.21. The Bertz CT molecular complexity index is 699. The van der Waals surface area contributed by atoms with Gasteiger partial charge in [-0.3, -0.25) is 0 Å². The lowest BCUT2D eigenvalue weighted by Crippen LogP contribution is -2.38. The summed E-state index contributed by atoms with van der Waals surface area (Å²) >= 11 is 0. The van der Waals surface area contributed by atoms with E-state index in [0.717, 1.165) is 22.9 Å². The third-order valence-corrected chi connectivity index (χ3v) is 23.1. The molecule has 4 fully saturated rings. The monoisotopic (exact) mass is 589 g/mol. The fourth-order valence-corrected chi connectivity index (χ4v) is 19.1. The first kappa shape index (κ1) is 32.6. The maximum atomic E-state index is 7.21. The minimum absolute atomic E-state index is 0.107. The normalized spacial score (nSPS) is 24.5. The van der Waals surface area contributed by atoms with Crippen molar-refractivity contribution in [3.63, 3.8) is 0 Å². The van der Waals surface area contributed by atoms with Gasteiger partial charge in [-0.1, -0.05) is 72.0 Å². The van der Waals surface area contributed by atoms with Crippen molar-refractivity contribution < 1.29 is 9.16 Å². The number of hydrogen-bond acceptors (Lipinski definition) is 2. The van der Waals surface area contributed by atoms with Crippen LogP contribution >= 0.6 is 7.26 Å². The minimum atomic E-state index is -1.84. The highest BCUT2D eigenvalue weighted by molar-refractivity contribution is 7.78. The third-order valence-electron chi connectivity index (χ3n) is 12.2. The molecule has 0 amide bonds. The highest BCUT2D eigenvalue weighted by atomic mass is 31.2. The Kier molecular flexibility index (Phi) is 13.5. The van der Waals surface area contributed by atoms with Gasteiger partial charge in [-0.05, 0) is 114 Å². The van der Waals surface area contributed by atoms with Gasteiger partial charge in [-0.2, -0.15) is 0 Å². The summed E-state index contributed by atoms with van der Waals surface area (Å²) in [6.07, 6.45) is 35.1. The van der Waals surface area contributed by atoms with Crippen LogP contribution in [0.5, 0.6) is 0 Å². The average molecular weight is 590 g/mol. The Morgan fingerprint density at radius 2 is 1.07 bits per heavy atom. The first-order valence-corrected chi connectivity index (χ1v) is 22.9. The first-order chi connectivity index (χ1) is 19.6. The predicted octanol–water partition coefficient (Wildman–Crippen LogP) is 12.0. The molecule has 4 rings (SSSR count). The van der Waals surface area contributed by atoms with Crippen LogP contribution in [-0.4, -0.2) is 37.6 Å². The van der Waals surface area contributed by atoms with E-state index in [1.54, 1.807) is 0 Å². The molecule has 0 aromatic rings. The van der Waals surface area contributed by atoms with Gasteiger partial charge in [0.2, 0.25) is 0 Å². The molecule has 0 heterocycles. The number of hydrogen-bond donors (Lipinski definition) is 0. The molecule has 0 N–H and O–H groups in total. The zero-order valence-corrected chi connectivity index (χ0v) is 28.9. The van der Waals surface area contributed by atoms with Gasteiger partial charge in [0.05, 0.1) is 23.1 Å². The van der Waals surface area contributed by atoms with Crippen molar-refractivity contribution >= 4 is 15.6 Å². The summed E-state index contributed by atoms with van der Waals surface area (Å²) in [6.45, 7) is 11.4. The van der Waals surface area contributed by atoms with Crippen LogP contribution in [0.15, 0.2) is 24.7 Å². The Morgan fingerprint density at radius 3 is 1.45 bits per heavy atom. The van der Waals surface area contributed by atoms with Crippen LogP contribution in [0.1, 0.15) is 149 Å².